The Balaban J connectivity index is 1.63. The first kappa shape index (κ1) is 13.4. The van der Waals surface area contributed by atoms with Crippen molar-refractivity contribution in [3.63, 3.8) is 0 Å². The summed E-state index contributed by atoms with van der Waals surface area (Å²) in [6.07, 6.45) is 7.41. The molecule has 1 aromatic heterocycles. The molecule has 1 saturated carbocycles. The van der Waals surface area contributed by atoms with E-state index in [4.69, 9.17) is 11.6 Å². The fourth-order valence-electron chi connectivity index (χ4n) is 3.26. The van der Waals surface area contributed by atoms with E-state index in [0.717, 1.165) is 44.9 Å². The fraction of sp³-hybridized carbons (Fsp3) is 0.667. The molecule has 1 aromatic rings. The Morgan fingerprint density at radius 1 is 1.26 bits per heavy atom. The predicted octanol–water partition coefficient (Wildman–Crippen LogP) is 3.83. The number of aryl methyl sites for hydroxylation is 1. The summed E-state index contributed by atoms with van der Waals surface area (Å²) in [6.45, 7) is 0. The van der Waals surface area contributed by atoms with Crippen LogP contribution in [0.15, 0.2) is 11.4 Å². The van der Waals surface area contributed by atoms with E-state index in [9.17, 15) is 4.79 Å². The number of hydrogen-bond acceptors (Lipinski definition) is 2. The van der Waals surface area contributed by atoms with Crippen molar-refractivity contribution in [1.82, 2.24) is 5.32 Å². The number of halogens is 1. The number of nitrogens with one attached hydrogen (secondary N) is 1. The van der Waals surface area contributed by atoms with Crippen molar-refractivity contribution in [2.45, 2.75) is 62.3 Å². The van der Waals surface area contributed by atoms with Crippen LogP contribution in [0, 0.1) is 0 Å². The highest BCUT2D eigenvalue weighted by atomic mass is 35.5. The summed E-state index contributed by atoms with van der Waals surface area (Å²) in [5.41, 5.74) is 1.28. The maximum Gasteiger partial charge on any atom is 0.227 e. The predicted molar refractivity (Wildman–Crippen MR) is 80.0 cm³/mol. The number of rotatable bonds is 2. The van der Waals surface area contributed by atoms with E-state index < -0.39 is 0 Å². The molecule has 0 radical (unpaired) electrons. The Morgan fingerprint density at radius 3 is 2.84 bits per heavy atom. The third-order valence-corrected chi connectivity index (χ3v) is 5.80. The number of carbonyl (C=O) groups excluding carboxylic acids is 1. The molecule has 2 nitrogen and oxygen atoms in total. The van der Waals surface area contributed by atoms with Gasteiger partial charge in [-0.2, -0.15) is 0 Å². The van der Waals surface area contributed by atoms with Gasteiger partial charge in [-0.3, -0.25) is 4.79 Å². The summed E-state index contributed by atoms with van der Waals surface area (Å²) in [5, 5.41) is 5.68. The molecule has 0 saturated heterocycles. The van der Waals surface area contributed by atoms with Crippen LogP contribution in [-0.4, -0.2) is 17.3 Å². The average molecular weight is 298 g/mol. The molecule has 0 aromatic carbocycles. The number of fused-ring (bicyclic) bond motifs is 1. The van der Waals surface area contributed by atoms with E-state index in [1.54, 1.807) is 11.3 Å². The van der Waals surface area contributed by atoms with Gasteiger partial charge < -0.3 is 5.32 Å². The van der Waals surface area contributed by atoms with Gasteiger partial charge in [-0.1, -0.05) is 0 Å². The largest absolute Gasteiger partial charge is 0.353 e. The molecule has 1 fully saturated rings. The van der Waals surface area contributed by atoms with E-state index in [2.05, 4.69) is 16.8 Å². The van der Waals surface area contributed by atoms with Gasteiger partial charge in [0.15, 0.2) is 0 Å². The fourth-order valence-corrected chi connectivity index (χ4v) is 4.50. The summed E-state index contributed by atoms with van der Waals surface area (Å²) >= 11 is 7.90. The van der Waals surface area contributed by atoms with Gasteiger partial charge in [-0.15, -0.1) is 22.9 Å². The first-order chi connectivity index (χ1) is 9.24. The lowest BCUT2D eigenvalue weighted by atomic mass is 9.86. The highest BCUT2D eigenvalue weighted by Gasteiger charge is 2.29. The van der Waals surface area contributed by atoms with Gasteiger partial charge in [0.25, 0.3) is 0 Å². The molecule has 1 heterocycles. The molecule has 19 heavy (non-hydrogen) atoms. The van der Waals surface area contributed by atoms with Gasteiger partial charge in [0.05, 0.1) is 5.92 Å². The van der Waals surface area contributed by atoms with Crippen LogP contribution in [0.4, 0.5) is 0 Å². The van der Waals surface area contributed by atoms with Crippen molar-refractivity contribution in [1.29, 1.82) is 0 Å². The monoisotopic (exact) mass is 297 g/mol. The van der Waals surface area contributed by atoms with Gasteiger partial charge in [0.2, 0.25) is 5.91 Å². The summed E-state index contributed by atoms with van der Waals surface area (Å²) in [7, 11) is 0. The second kappa shape index (κ2) is 5.84. The standard InChI is InChI=1S/C15H20ClNOS/c16-10-4-6-11(7-5-10)17-15(18)13-2-1-3-14-12(13)8-9-19-14/h8-11,13H,1-7H2,(H,17,18). The van der Waals surface area contributed by atoms with Crippen LogP contribution in [0.5, 0.6) is 0 Å². The van der Waals surface area contributed by atoms with Crippen LogP contribution < -0.4 is 5.32 Å². The Hall–Kier alpha value is -0.540. The smallest absolute Gasteiger partial charge is 0.227 e. The minimum Gasteiger partial charge on any atom is -0.353 e. The summed E-state index contributed by atoms with van der Waals surface area (Å²) in [4.78, 5) is 13.9. The van der Waals surface area contributed by atoms with E-state index in [1.165, 1.54) is 10.4 Å². The van der Waals surface area contributed by atoms with Gasteiger partial charge >= 0.3 is 0 Å². The average Bonchev–Trinajstić information content (AvgIpc) is 2.89. The van der Waals surface area contributed by atoms with E-state index >= 15 is 0 Å². The van der Waals surface area contributed by atoms with E-state index in [-0.39, 0.29) is 11.8 Å². The topological polar surface area (TPSA) is 29.1 Å². The van der Waals surface area contributed by atoms with Crippen LogP contribution in [0.3, 0.4) is 0 Å². The molecule has 0 spiro atoms. The summed E-state index contributed by atoms with van der Waals surface area (Å²) in [5.74, 6) is 0.320. The first-order valence-electron chi connectivity index (χ1n) is 7.24. The third kappa shape index (κ3) is 2.97. The minimum absolute atomic E-state index is 0.0868. The SMILES string of the molecule is O=C(NC1CCC(Cl)CC1)C1CCCc2sccc21. The quantitative estimate of drug-likeness (QED) is 0.826. The Labute approximate surface area is 123 Å². The van der Waals surface area contributed by atoms with Crippen molar-refractivity contribution >= 4 is 28.8 Å². The molecule has 0 bridgehead atoms. The van der Waals surface area contributed by atoms with Crippen molar-refractivity contribution < 1.29 is 4.79 Å². The molecule has 1 atom stereocenters. The van der Waals surface area contributed by atoms with Crippen LogP contribution in [0.2, 0.25) is 0 Å². The Kier molecular flexibility index (Phi) is 4.13. The zero-order valence-electron chi connectivity index (χ0n) is 11.0. The number of hydrogen-bond donors (Lipinski definition) is 1. The van der Waals surface area contributed by atoms with Gasteiger partial charge in [0.1, 0.15) is 0 Å². The zero-order valence-corrected chi connectivity index (χ0v) is 12.6. The molecule has 2 aliphatic rings. The van der Waals surface area contributed by atoms with Crippen LogP contribution >= 0.6 is 22.9 Å². The van der Waals surface area contributed by atoms with Gasteiger partial charge in [-0.05, 0) is 62.0 Å². The van der Waals surface area contributed by atoms with Crippen molar-refractivity contribution in [3.8, 4) is 0 Å². The Morgan fingerprint density at radius 2 is 2.05 bits per heavy atom. The summed E-state index contributed by atoms with van der Waals surface area (Å²) < 4.78 is 0. The van der Waals surface area contributed by atoms with Crippen molar-refractivity contribution in [2.75, 3.05) is 0 Å². The molecule has 4 heteroatoms. The van der Waals surface area contributed by atoms with Crippen molar-refractivity contribution in [2.24, 2.45) is 0 Å². The van der Waals surface area contributed by atoms with Crippen LogP contribution in [-0.2, 0) is 11.2 Å². The number of alkyl halides is 1. The molecule has 104 valence electrons. The van der Waals surface area contributed by atoms with E-state index in [0.29, 0.717) is 11.4 Å². The normalized spacial score (nSPS) is 30.7. The maximum atomic E-state index is 12.5. The number of carbonyl (C=O) groups is 1. The minimum atomic E-state index is 0.0868. The number of thiophene rings is 1. The highest BCUT2D eigenvalue weighted by molar-refractivity contribution is 7.10. The molecule has 3 rings (SSSR count). The summed E-state index contributed by atoms with van der Waals surface area (Å²) in [6, 6.07) is 2.48. The van der Waals surface area contributed by atoms with E-state index in [1.807, 2.05) is 0 Å². The lowest BCUT2D eigenvalue weighted by Gasteiger charge is -2.29. The first-order valence-corrected chi connectivity index (χ1v) is 8.56. The van der Waals surface area contributed by atoms with Crippen LogP contribution in [0.1, 0.15) is 54.9 Å². The molecule has 2 aliphatic carbocycles. The zero-order chi connectivity index (χ0) is 13.2. The molecule has 1 unspecified atom stereocenters. The lowest BCUT2D eigenvalue weighted by Crippen LogP contribution is -2.41. The number of amides is 1. The molecule has 1 N–H and O–H groups in total. The third-order valence-electron chi connectivity index (χ3n) is 4.37. The molecular formula is C15H20ClNOS. The van der Waals surface area contributed by atoms with Crippen LogP contribution in [0.25, 0.3) is 0 Å². The molecule has 1 amide bonds. The maximum absolute atomic E-state index is 12.5. The second-order valence-corrected chi connectivity index (χ2v) is 7.32. The molecule has 0 aliphatic heterocycles. The lowest BCUT2D eigenvalue weighted by molar-refractivity contribution is -0.123. The second-order valence-electron chi connectivity index (χ2n) is 5.70. The molecular weight excluding hydrogens is 278 g/mol. The van der Waals surface area contributed by atoms with Gasteiger partial charge in [-0.25, -0.2) is 0 Å². The van der Waals surface area contributed by atoms with Gasteiger partial charge in [0, 0.05) is 16.3 Å². The van der Waals surface area contributed by atoms with Crippen molar-refractivity contribution in [3.05, 3.63) is 21.9 Å². The highest BCUT2D eigenvalue weighted by Crippen LogP contribution is 2.35. The Bertz CT molecular complexity index is 451.